The highest BCUT2D eigenvalue weighted by Gasteiger charge is 2.92. The molecule has 5 unspecified atom stereocenters. The maximum absolute atomic E-state index is 13.8. The van der Waals surface area contributed by atoms with Crippen LogP contribution < -0.4 is 5.32 Å². The van der Waals surface area contributed by atoms with Gasteiger partial charge in [0.25, 0.3) is 0 Å². The van der Waals surface area contributed by atoms with Crippen molar-refractivity contribution >= 4 is 23.5 Å². The van der Waals surface area contributed by atoms with Crippen molar-refractivity contribution in [2.75, 3.05) is 46.3 Å². The number of nitrogens with one attached hydrogen (secondary N) is 1. The second kappa shape index (κ2) is 12.0. The van der Waals surface area contributed by atoms with Crippen LogP contribution in [-0.4, -0.2) is 116 Å². The first-order valence-corrected chi connectivity index (χ1v) is 17.8. The maximum atomic E-state index is 13.8. The topological polar surface area (TPSA) is 153 Å². The Hall–Kier alpha value is -2.61. The molecular formula is C37H52N2O10. The number of piperidine rings is 1. The van der Waals surface area contributed by atoms with Crippen LogP contribution in [0.25, 0.3) is 0 Å². The number of aliphatic hydroxyl groups is 2. The summed E-state index contributed by atoms with van der Waals surface area (Å²) in [6.07, 6.45) is -0.144. The number of rotatable bonds is 10. The van der Waals surface area contributed by atoms with E-state index in [0.717, 1.165) is 0 Å². The zero-order valence-electron chi connectivity index (χ0n) is 29.6. The summed E-state index contributed by atoms with van der Waals surface area (Å²) in [5.41, 5.74) is -4.26. The molecule has 6 aliphatic rings. The molecule has 49 heavy (non-hydrogen) atoms. The Balaban J connectivity index is 1.37. The molecule has 270 valence electrons. The summed E-state index contributed by atoms with van der Waals surface area (Å²) < 4.78 is 31.4. The third-order valence-corrected chi connectivity index (χ3v) is 13.7. The Kier molecular flexibility index (Phi) is 8.52. The van der Waals surface area contributed by atoms with Gasteiger partial charge >= 0.3 is 11.9 Å². The van der Waals surface area contributed by atoms with Crippen molar-refractivity contribution in [3.8, 4) is 0 Å². The van der Waals surface area contributed by atoms with E-state index in [-0.39, 0.29) is 60.2 Å². The Morgan fingerprint density at radius 3 is 2.45 bits per heavy atom. The fourth-order valence-electron chi connectivity index (χ4n) is 12.4. The molecule has 1 saturated heterocycles. The molecule has 5 saturated carbocycles. The summed E-state index contributed by atoms with van der Waals surface area (Å²) in [6, 6.07) is 6.24. The summed E-state index contributed by atoms with van der Waals surface area (Å²) in [5, 5.41) is 29.5. The number of fused-ring (bicyclic) bond motifs is 2. The average molecular weight is 685 g/mol. The normalized spacial score (nSPS) is 44.5. The Morgan fingerprint density at radius 1 is 1.08 bits per heavy atom. The van der Waals surface area contributed by atoms with E-state index in [2.05, 4.69) is 17.1 Å². The van der Waals surface area contributed by atoms with Crippen LogP contribution in [0, 0.1) is 40.4 Å². The van der Waals surface area contributed by atoms with Gasteiger partial charge in [-0.2, -0.15) is 0 Å². The van der Waals surface area contributed by atoms with Gasteiger partial charge in [-0.05, 0) is 43.9 Å². The molecule has 1 aromatic rings. The number of amides is 1. The zero-order chi connectivity index (χ0) is 35.3. The van der Waals surface area contributed by atoms with E-state index in [1.165, 1.54) is 6.92 Å². The number of methoxy groups -OCH3 is 3. The fourth-order valence-corrected chi connectivity index (χ4v) is 12.4. The lowest BCUT2D eigenvalue weighted by molar-refractivity contribution is -0.319. The molecule has 7 bridgehead atoms. The van der Waals surface area contributed by atoms with Crippen molar-refractivity contribution in [3.63, 3.8) is 0 Å². The van der Waals surface area contributed by atoms with E-state index in [1.54, 1.807) is 59.4 Å². The highest BCUT2D eigenvalue weighted by atomic mass is 16.6. The van der Waals surface area contributed by atoms with E-state index >= 15 is 0 Å². The van der Waals surface area contributed by atoms with Crippen LogP contribution in [0.15, 0.2) is 24.3 Å². The predicted octanol–water partition coefficient (Wildman–Crippen LogP) is 2.65. The number of esters is 2. The van der Waals surface area contributed by atoms with Gasteiger partial charge in [-0.15, -0.1) is 0 Å². The molecule has 5 aliphatic carbocycles. The smallest absolute Gasteiger partial charge is 0.340 e. The predicted molar refractivity (Wildman–Crippen MR) is 176 cm³/mol. The maximum Gasteiger partial charge on any atom is 0.340 e. The lowest BCUT2D eigenvalue weighted by Gasteiger charge is -2.70. The fraction of sp³-hybridized carbons (Fsp3) is 0.757. The SMILES string of the molecule is CCN1C[C@]2(COC(=O)c3ccccc3NC(C)=O)CC[C@H](OC)[C@@]34C5C[C@H]6C(OC(=O)C(C)C)C5[C@](O)(C[C@@H]6OC)[C@](O)(C(OC)C23)[C@@H]14. The number of nitrogens with zero attached hydrogens (tertiary/aromatic N) is 1. The largest absolute Gasteiger partial charge is 0.461 e. The monoisotopic (exact) mass is 684 g/mol. The van der Waals surface area contributed by atoms with E-state index in [9.17, 15) is 24.6 Å². The van der Waals surface area contributed by atoms with E-state index < -0.39 is 58.3 Å². The number of benzene rings is 1. The van der Waals surface area contributed by atoms with Gasteiger partial charge < -0.3 is 39.2 Å². The van der Waals surface area contributed by atoms with Crippen molar-refractivity contribution in [2.45, 2.75) is 95.0 Å². The van der Waals surface area contributed by atoms with Crippen molar-refractivity contribution in [2.24, 2.45) is 40.4 Å². The third-order valence-electron chi connectivity index (χ3n) is 13.7. The van der Waals surface area contributed by atoms with Gasteiger partial charge in [-0.3, -0.25) is 14.5 Å². The summed E-state index contributed by atoms with van der Waals surface area (Å²) in [4.78, 5) is 41.2. The molecule has 1 heterocycles. The first-order chi connectivity index (χ1) is 23.3. The molecule has 1 aromatic carbocycles. The molecule has 12 nitrogen and oxygen atoms in total. The molecule has 3 N–H and O–H groups in total. The van der Waals surface area contributed by atoms with Crippen molar-refractivity contribution in [1.29, 1.82) is 0 Å². The summed E-state index contributed by atoms with van der Waals surface area (Å²) >= 11 is 0. The van der Waals surface area contributed by atoms with Crippen molar-refractivity contribution in [3.05, 3.63) is 29.8 Å². The molecule has 0 radical (unpaired) electrons. The van der Waals surface area contributed by atoms with Crippen LogP contribution in [-0.2, 0) is 33.3 Å². The third kappa shape index (κ3) is 4.40. The highest BCUT2D eigenvalue weighted by Crippen LogP contribution is 2.80. The lowest BCUT2D eigenvalue weighted by atomic mass is 9.42. The van der Waals surface area contributed by atoms with E-state index in [1.807, 2.05) is 0 Å². The van der Waals surface area contributed by atoms with Gasteiger partial charge in [-0.25, -0.2) is 4.79 Å². The van der Waals surface area contributed by atoms with Gasteiger partial charge in [0.15, 0.2) is 0 Å². The Morgan fingerprint density at radius 2 is 1.82 bits per heavy atom. The van der Waals surface area contributed by atoms with Crippen LogP contribution in [0.5, 0.6) is 0 Å². The first-order valence-electron chi connectivity index (χ1n) is 17.8. The molecule has 1 spiro atoms. The number of likely N-dealkylation sites (N-methyl/N-ethyl adjacent to an activating group) is 1. The summed E-state index contributed by atoms with van der Waals surface area (Å²) in [6.45, 7) is 8.18. The van der Waals surface area contributed by atoms with Gasteiger partial charge in [-0.1, -0.05) is 32.9 Å². The number of ether oxygens (including phenoxy) is 5. The first kappa shape index (κ1) is 34.8. The summed E-state index contributed by atoms with van der Waals surface area (Å²) in [5.74, 6) is -2.88. The number of hydrogen-bond acceptors (Lipinski definition) is 11. The zero-order valence-corrected chi connectivity index (χ0v) is 29.6. The minimum atomic E-state index is -1.79. The minimum absolute atomic E-state index is 0.0496. The van der Waals surface area contributed by atoms with Crippen molar-refractivity contribution < 1.29 is 48.3 Å². The van der Waals surface area contributed by atoms with Crippen molar-refractivity contribution in [1.82, 2.24) is 4.90 Å². The molecule has 1 amide bonds. The minimum Gasteiger partial charge on any atom is -0.461 e. The molecular weight excluding hydrogens is 632 g/mol. The molecule has 0 aromatic heterocycles. The van der Waals surface area contributed by atoms with Gasteiger partial charge in [0.1, 0.15) is 17.3 Å². The number of carbonyl (C=O) groups is 3. The number of anilines is 1. The van der Waals surface area contributed by atoms with Crippen LogP contribution in [0.2, 0.25) is 0 Å². The lowest BCUT2D eigenvalue weighted by Crippen LogP contribution is -2.82. The number of carbonyl (C=O) groups excluding carboxylic acids is 3. The number of para-hydroxylation sites is 1. The molecule has 6 fully saturated rings. The standard InChI is InChI=1S/C37H52N2O10/c1-8-39-17-34(18-48-32(42)21-11-9-10-12-24(21)38-20(4)40)14-13-26(46-6)36-23-15-22-25(45-5)16-35(43,27(23)28(22)49-31(41)19(2)3)37(44,33(36)39)30(47-7)29(34)36/h9-12,19,22-23,25-30,33,43-44H,8,13-18H2,1-7H3,(H,38,40)/t22-,23?,25+,26+,27?,28?,29?,30?,33+,34+,35-,36+,37+/m1/s1. The molecule has 7 rings (SSSR count). The van der Waals surface area contributed by atoms with Crippen LogP contribution in [0.4, 0.5) is 5.69 Å². The molecule has 1 aliphatic heterocycles. The van der Waals surface area contributed by atoms with Crippen LogP contribution >= 0.6 is 0 Å². The summed E-state index contributed by atoms with van der Waals surface area (Å²) in [7, 11) is 4.92. The molecule has 13 atom stereocenters. The highest BCUT2D eigenvalue weighted by molar-refractivity contribution is 6.00. The van der Waals surface area contributed by atoms with Gasteiger partial charge in [0, 0.05) is 69.8 Å². The van der Waals surface area contributed by atoms with Crippen LogP contribution in [0.3, 0.4) is 0 Å². The average Bonchev–Trinajstić information content (AvgIpc) is 3.47. The van der Waals surface area contributed by atoms with Crippen LogP contribution in [0.1, 0.15) is 63.7 Å². The number of hydrogen-bond donors (Lipinski definition) is 3. The number of likely N-dealkylation sites (tertiary alicyclic amines) is 1. The van der Waals surface area contributed by atoms with E-state index in [0.29, 0.717) is 38.0 Å². The Labute approximate surface area is 288 Å². The second-order valence-electron chi connectivity index (χ2n) is 15.8. The quantitative estimate of drug-likeness (QED) is 0.312. The van der Waals surface area contributed by atoms with Gasteiger partial charge in [0.2, 0.25) is 5.91 Å². The van der Waals surface area contributed by atoms with Gasteiger partial charge in [0.05, 0.1) is 48.1 Å². The Bertz CT molecular complexity index is 1500. The molecule has 12 heteroatoms. The van der Waals surface area contributed by atoms with E-state index in [4.69, 9.17) is 23.7 Å². The second-order valence-corrected chi connectivity index (χ2v) is 15.8.